The molecule has 0 saturated carbocycles. The smallest absolute Gasteiger partial charge is 0.251 e. The molecule has 0 bridgehead atoms. The van der Waals surface area contributed by atoms with E-state index in [1.54, 1.807) is 18.3 Å². The van der Waals surface area contributed by atoms with Crippen molar-refractivity contribution in [1.82, 2.24) is 15.1 Å². The van der Waals surface area contributed by atoms with Gasteiger partial charge in [0.1, 0.15) is 0 Å². The summed E-state index contributed by atoms with van der Waals surface area (Å²) in [4.78, 5) is 12.1. The molecule has 1 aromatic heterocycles. The van der Waals surface area contributed by atoms with E-state index in [0.717, 1.165) is 16.7 Å². The van der Waals surface area contributed by atoms with Crippen molar-refractivity contribution in [3.63, 3.8) is 0 Å². The Balaban J connectivity index is 2.11. The number of aromatic nitrogens is 2. The zero-order chi connectivity index (χ0) is 13.8. The number of benzene rings is 1. The van der Waals surface area contributed by atoms with Crippen LogP contribution < -0.4 is 5.32 Å². The second-order valence-corrected chi connectivity index (χ2v) is 5.19. The van der Waals surface area contributed by atoms with Crippen LogP contribution in [0.1, 0.15) is 35.9 Å². The molecule has 2 rings (SSSR count). The highest BCUT2D eigenvalue weighted by Gasteiger charge is 2.14. The lowest BCUT2D eigenvalue weighted by molar-refractivity contribution is 0.0938. The van der Waals surface area contributed by atoms with Gasteiger partial charge in [-0.25, -0.2) is 0 Å². The van der Waals surface area contributed by atoms with Crippen LogP contribution in [-0.2, 0) is 6.54 Å². The van der Waals surface area contributed by atoms with E-state index in [9.17, 15) is 4.79 Å². The number of carbonyl (C=O) groups excluding carboxylic acids is 1. The lowest BCUT2D eigenvalue weighted by atomic mass is 10.2. The fourth-order valence-electron chi connectivity index (χ4n) is 1.96. The predicted octanol–water partition coefficient (Wildman–Crippen LogP) is 3.16. The van der Waals surface area contributed by atoms with E-state index < -0.39 is 0 Å². The van der Waals surface area contributed by atoms with Crippen LogP contribution in [0.4, 0.5) is 0 Å². The van der Waals surface area contributed by atoms with Gasteiger partial charge in [-0.3, -0.25) is 9.48 Å². The minimum absolute atomic E-state index is 0.0751. The molecule has 1 heterocycles. The average Bonchev–Trinajstić information content (AvgIpc) is 2.87. The Kier molecular flexibility index (Phi) is 4.37. The molecule has 0 spiro atoms. The Bertz CT molecular complexity index is 580. The summed E-state index contributed by atoms with van der Waals surface area (Å²) in [5, 5.41) is 7.19. The fraction of sp³-hybridized carbons (Fsp3) is 0.286. The first-order chi connectivity index (χ1) is 9.11. The molecule has 1 amide bonds. The third-order valence-electron chi connectivity index (χ3n) is 2.93. The molecule has 100 valence electrons. The molecule has 2 aromatic rings. The number of carbonyl (C=O) groups is 1. The summed E-state index contributed by atoms with van der Waals surface area (Å²) in [6.45, 7) is 4.78. The van der Waals surface area contributed by atoms with Gasteiger partial charge < -0.3 is 5.32 Å². The molecule has 0 radical (unpaired) electrons. The monoisotopic (exact) mass is 321 g/mol. The summed E-state index contributed by atoms with van der Waals surface area (Å²) >= 11 is 3.36. The number of aryl methyl sites for hydroxylation is 1. The summed E-state index contributed by atoms with van der Waals surface area (Å²) in [6.07, 6.45) is 1.75. The molecule has 5 heteroatoms. The number of nitrogens with one attached hydrogen (secondary N) is 1. The molecular formula is C14H16BrN3O. The molecular weight excluding hydrogens is 306 g/mol. The van der Waals surface area contributed by atoms with Crippen LogP contribution in [0.3, 0.4) is 0 Å². The molecule has 4 nitrogen and oxygen atoms in total. The van der Waals surface area contributed by atoms with E-state index in [-0.39, 0.29) is 11.9 Å². The van der Waals surface area contributed by atoms with E-state index in [2.05, 4.69) is 26.3 Å². The van der Waals surface area contributed by atoms with Gasteiger partial charge in [0.05, 0.1) is 11.7 Å². The molecule has 0 fully saturated rings. The zero-order valence-corrected chi connectivity index (χ0v) is 12.5. The molecule has 0 aliphatic rings. The summed E-state index contributed by atoms with van der Waals surface area (Å²) in [6, 6.07) is 9.19. The molecule has 0 aliphatic carbocycles. The lowest BCUT2D eigenvalue weighted by Crippen LogP contribution is -2.28. The summed E-state index contributed by atoms with van der Waals surface area (Å²) < 4.78 is 2.78. The largest absolute Gasteiger partial charge is 0.344 e. The highest BCUT2D eigenvalue weighted by molar-refractivity contribution is 9.10. The Morgan fingerprint density at radius 1 is 1.47 bits per heavy atom. The number of halogens is 1. The summed E-state index contributed by atoms with van der Waals surface area (Å²) in [5.74, 6) is -0.0855. The topological polar surface area (TPSA) is 46.9 Å². The normalized spacial score (nSPS) is 12.2. The number of hydrogen-bond donors (Lipinski definition) is 1. The van der Waals surface area contributed by atoms with Crippen LogP contribution in [0.2, 0.25) is 0 Å². The van der Waals surface area contributed by atoms with Gasteiger partial charge >= 0.3 is 0 Å². The van der Waals surface area contributed by atoms with Crippen molar-refractivity contribution in [3.05, 3.63) is 52.3 Å². The van der Waals surface area contributed by atoms with Crippen molar-refractivity contribution in [3.8, 4) is 0 Å². The van der Waals surface area contributed by atoms with Crippen molar-refractivity contribution in [2.24, 2.45) is 0 Å². The Morgan fingerprint density at radius 3 is 2.95 bits per heavy atom. The molecule has 1 N–H and O–H groups in total. The molecule has 0 aliphatic heterocycles. The quantitative estimate of drug-likeness (QED) is 0.940. The molecule has 19 heavy (non-hydrogen) atoms. The summed E-state index contributed by atoms with van der Waals surface area (Å²) in [5.41, 5.74) is 1.65. The maximum absolute atomic E-state index is 12.1. The van der Waals surface area contributed by atoms with Crippen LogP contribution in [0.5, 0.6) is 0 Å². The first-order valence-electron chi connectivity index (χ1n) is 6.20. The first-order valence-corrected chi connectivity index (χ1v) is 6.99. The van der Waals surface area contributed by atoms with E-state index in [4.69, 9.17) is 0 Å². The molecule has 1 unspecified atom stereocenters. The fourth-order valence-corrected chi connectivity index (χ4v) is 2.36. The highest BCUT2D eigenvalue weighted by Crippen LogP contribution is 2.15. The Labute approximate surface area is 120 Å². The van der Waals surface area contributed by atoms with Crippen LogP contribution in [0, 0.1) is 0 Å². The van der Waals surface area contributed by atoms with Gasteiger partial charge in [-0.05, 0) is 38.1 Å². The maximum atomic E-state index is 12.1. The molecule has 1 atom stereocenters. The Morgan fingerprint density at radius 2 is 2.26 bits per heavy atom. The standard InChI is InChI=1S/C14H16BrN3O/c1-3-18-13(7-8-16-18)10(2)17-14(19)11-5-4-6-12(15)9-11/h4-10H,3H2,1-2H3,(H,17,19). The number of rotatable bonds is 4. The predicted molar refractivity (Wildman–Crippen MR) is 77.9 cm³/mol. The molecule has 1 aromatic carbocycles. The van der Waals surface area contributed by atoms with Crippen molar-refractivity contribution in [1.29, 1.82) is 0 Å². The SMILES string of the molecule is CCn1nccc1C(C)NC(=O)c1cccc(Br)c1. The Hall–Kier alpha value is -1.62. The van der Waals surface area contributed by atoms with Crippen LogP contribution in [-0.4, -0.2) is 15.7 Å². The van der Waals surface area contributed by atoms with Gasteiger partial charge in [-0.2, -0.15) is 5.10 Å². The van der Waals surface area contributed by atoms with Crippen molar-refractivity contribution in [2.75, 3.05) is 0 Å². The maximum Gasteiger partial charge on any atom is 0.251 e. The van der Waals surface area contributed by atoms with E-state index in [1.165, 1.54) is 0 Å². The number of nitrogens with zero attached hydrogens (tertiary/aromatic N) is 2. The van der Waals surface area contributed by atoms with Gasteiger partial charge in [0, 0.05) is 22.8 Å². The van der Waals surface area contributed by atoms with Crippen molar-refractivity contribution in [2.45, 2.75) is 26.4 Å². The third-order valence-corrected chi connectivity index (χ3v) is 3.42. The van der Waals surface area contributed by atoms with E-state index in [1.807, 2.05) is 36.7 Å². The van der Waals surface area contributed by atoms with Crippen LogP contribution in [0.25, 0.3) is 0 Å². The van der Waals surface area contributed by atoms with E-state index >= 15 is 0 Å². The number of hydrogen-bond acceptors (Lipinski definition) is 2. The minimum Gasteiger partial charge on any atom is -0.344 e. The first kappa shape index (κ1) is 13.8. The number of amides is 1. The molecule has 0 saturated heterocycles. The van der Waals surface area contributed by atoms with Gasteiger partial charge in [-0.1, -0.05) is 22.0 Å². The van der Waals surface area contributed by atoms with Gasteiger partial charge in [0.25, 0.3) is 5.91 Å². The van der Waals surface area contributed by atoms with Crippen LogP contribution in [0.15, 0.2) is 41.0 Å². The van der Waals surface area contributed by atoms with Gasteiger partial charge in [0.15, 0.2) is 0 Å². The third kappa shape index (κ3) is 3.23. The van der Waals surface area contributed by atoms with Crippen LogP contribution >= 0.6 is 15.9 Å². The average molecular weight is 322 g/mol. The zero-order valence-electron chi connectivity index (χ0n) is 10.9. The van der Waals surface area contributed by atoms with E-state index in [0.29, 0.717) is 5.56 Å². The second-order valence-electron chi connectivity index (χ2n) is 4.28. The second kappa shape index (κ2) is 6.02. The minimum atomic E-state index is -0.0855. The van der Waals surface area contributed by atoms with Crippen molar-refractivity contribution < 1.29 is 4.79 Å². The van der Waals surface area contributed by atoms with Crippen molar-refractivity contribution >= 4 is 21.8 Å². The van der Waals surface area contributed by atoms with Gasteiger partial charge in [-0.15, -0.1) is 0 Å². The summed E-state index contributed by atoms with van der Waals surface area (Å²) in [7, 11) is 0. The highest BCUT2D eigenvalue weighted by atomic mass is 79.9. The lowest BCUT2D eigenvalue weighted by Gasteiger charge is -2.15. The van der Waals surface area contributed by atoms with Gasteiger partial charge in [0.2, 0.25) is 0 Å².